The zero-order chi connectivity index (χ0) is 15.5. The lowest BCUT2D eigenvalue weighted by Crippen LogP contribution is -2.50. The van der Waals surface area contributed by atoms with Crippen LogP contribution in [0.4, 0.5) is 4.79 Å². The van der Waals surface area contributed by atoms with Crippen LogP contribution in [0.2, 0.25) is 0 Å². The Bertz CT molecular complexity index is 328. The van der Waals surface area contributed by atoms with Crippen LogP contribution in [-0.4, -0.2) is 54.0 Å². The van der Waals surface area contributed by atoms with E-state index in [2.05, 4.69) is 10.6 Å². The maximum absolute atomic E-state index is 11.7. The van der Waals surface area contributed by atoms with Crippen molar-refractivity contribution in [2.75, 3.05) is 13.7 Å². The van der Waals surface area contributed by atoms with Crippen LogP contribution in [0.3, 0.4) is 0 Å². The van der Waals surface area contributed by atoms with Crippen LogP contribution in [-0.2, 0) is 14.3 Å². The predicted octanol–water partition coefficient (Wildman–Crippen LogP) is 0.419. The van der Waals surface area contributed by atoms with Crippen molar-refractivity contribution in [1.82, 2.24) is 10.6 Å². The Hall–Kier alpha value is -1.83. The number of carboxylic acids is 2. The Balaban J connectivity index is 4.35. The zero-order valence-electron chi connectivity index (χ0n) is 11.7. The highest BCUT2D eigenvalue weighted by molar-refractivity contribution is 5.83. The van der Waals surface area contributed by atoms with Crippen molar-refractivity contribution >= 4 is 18.0 Å². The Morgan fingerprint density at radius 2 is 1.80 bits per heavy atom. The molecular formula is C12H22N2O6. The number of carboxylic acid groups (broad SMARTS) is 2. The topological polar surface area (TPSA) is 125 Å². The highest BCUT2D eigenvalue weighted by Crippen LogP contribution is 2.00. The van der Waals surface area contributed by atoms with E-state index >= 15 is 0 Å². The Labute approximate surface area is 117 Å². The molecular weight excluding hydrogens is 268 g/mol. The fourth-order valence-corrected chi connectivity index (χ4v) is 1.66. The van der Waals surface area contributed by atoms with Gasteiger partial charge in [0.2, 0.25) is 0 Å². The first-order valence-corrected chi connectivity index (χ1v) is 6.41. The van der Waals surface area contributed by atoms with E-state index in [1.165, 1.54) is 7.11 Å². The van der Waals surface area contributed by atoms with Gasteiger partial charge < -0.3 is 25.6 Å². The fraction of sp³-hybridized carbons (Fsp3) is 0.750. The van der Waals surface area contributed by atoms with E-state index in [1.54, 1.807) is 0 Å². The van der Waals surface area contributed by atoms with Crippen LogP contribution in [0, 0.1) is 0 Å². The van der Waals surface area contributed by atoms with Crippen molar-refractivity contribution in [3.8, 4) is 0 Å². The number of nitrogens with one attached hydrogen (secondary N) is 2. The molecule has 0 aromatic heterocycles. The number of methoxy groups -OCH3 is 1. The van der Waals surface area contributed by atoms with Gasteiger partial charge in [-0.3, -0.25) is 4.79 Å². The second kappa shape index (κ2) is 10.0. The van der Waals surface area contributed by atoms with Crippen LogP contribution in [0.25, 0.3) is 0 Å². The Kier molecular flexibility index (Phi) is 9.10. The van der Waals surface area contributed by atoms with Crippen molar-refractivity contribution in [1.29, 1.82) is 0 Å². The molecule has 0 aromatic rings. The number of urea groups is 1. The molecule has 0 rings (SSSR count). The van der Waals surface area contributed by atoms with Crippen molar-refractivity contribution in [3.05, 3.63) is 0 Å². The monoisotopic (exact) mass is 290 g/mol. The highest BCUT2D eigenvalue weighted by atomic mass is 16.5. The van der Waals surface area contributed by atoms with Crippen LogP contribution in [0.5, 0.6) is 0 Å². The molecule has 0 spiro atoms. The molecule has 2 atom stereocenters. The molecule has 0 bridgehead atoms. The molecule has 0 saturated carbocycles. The van der Waals surface area contributed by atoms with Crippen LogP contribution < -0.4 is 10.6 Å². The van der Waals surface area contributed by atoms with Gasteiger partial charge in [-0.25, -0.2) is 9.59 Å². The fourth-order valence-electron chi connectivity index (χ4n) is 1.66. The van der Waals surface area contributed by atoms with E-state index in [9.17, 15) is 14.4 Å². The number of hydrogen-bond donors (Lipinski definition) is 4. The molecule has 0 fully saturated rings. The van der Waals surface area contributed by atoms with Crippen molar-refractivity contribution in [2.24, 2.45) is 0 Å². The van der Waals surface area contributed by atoms with Crippen molar-refractivity contribution in [3.63, 3.8) is 0 Å². The summed E-state index contributed by atoms with van der Waals surface area (Å²) in [6.07, 6.45) is 1.05. The van der Waals surface area contributed by atoms with Crippen LogP contribution in [0.15, 0.2) is 0 Å². The van der Waals surface area contributed by atoms with Gasteiger partial charge in [-0.05, 0) is 12.8 Å². The third-order valence-corrected chi connectivity index (χ3v) is 2.59. The van der Waals surface area contributed by atoms with Gasteiger partial charge in [-0.2, -0.15) is 0 Å². The van der Waals surface area contributed by atoms with Gasteiger partial charge in [0.15, 0.2) is 0 Å². The summed E-state index contributed by atoms with van der Waals surface area (Å²) in [5, 5.41) is 22.3. The summed E-state index contributed by atoms with van der Waals surface area (Å²) in [5.74, 6) is -2.37. The van der Waals surface area contributed by atoms with E-state index in [0.717, 1.165) is 6.42 Å². The normalized spacial score (nSPS) is 13.3. The number of rotatable bonds is 10. The Morgan fingerprint density at radius 1 is 1.15 bits per heavy atom. The average molecular weight is 290 g/mol. The van der Waals surface area contributed by atoms with Crippen LogP contribution >= 0.6 is 0 Å². The maximum atomic E-state index is 11.7. The number of carbonyl (C=O) groups is 3. The van der Waals surface area contributed by atoms with Gasteiger partial charge in [0.05, 0.1) is 12.6 Å². The van der Waals surface area contributed by atoms with Gasteiger partial charge in [-0.15, -0.1) is 0 Å². The number of carbonyl (C=O) groups excluding carboxylic acids is 1. The Morgan fingerprint density at radius 3 is 2.25 bits per heavy atom. The summed E-state index contributed by atoms with van der Waals surface area (Å²) >= 11 is 0. The van der Waals surface area contributed by atoms with E-state index in [1.807, 2.05) is 6.92 Å². The third-order valence-electron chi connectivity index (χ3n) is 2.59. The van der Waals surface area contributed by atoms with Gasteiger partial charge >= 0.3 is 18.0 Å². The minimum absolute atomic E-state index is 0.166. The number of hydrogen-bond acceptors (Lipinski definition) is 4. The lowest BCUT2D eigenvalue weighted by molar-refractivity contribution is -0.140. The summed E-state index contributed by atoms with van der Waals surface area (Å²) in [4.78, 5) is 33.0. The molecule has 0 saturated heterocycles. The molecule has 0 aliphatic rings. The minimum Gasteiger partial charge on any atom is -0.481 e. The molecule has 20 heavy (non-hydrogen) atoms. The molecule has 4 N–H and O–H groups in total. The second-order valence-corrected chi connectivity index (χ2v) is 4.38. The van der Waals surface area contributed by atoms with E-state index < -0.39 is 24.0 Å². The first-order valence-electron chi connectivity index (χ1n) is 6.41. The SMILES string of the molecule is CCCC(COC)NC(=O)NC(CCC(=O)O)C(=O)O. The van der Waals surface area contributed by atoms with E-state index in [-0.39, 0.29) is 18.9 Å². The molecule has 0 aliphatic heterocycles. The van der Waals surface area contributed by atoms with Gasteiger partial charge in [0.1, 0.15) is 6.04 Å². The number of ether oxygens (including phenoxy) is 1. The predicted molar refractivity (Wildman–Crippen MR) is 70.5 cm³/mol. The number of aliphatic carboxylic acids is 2. The lowest BCUT2D eigenvalue weighted by atomic mass is 10.1. The molecule has 2 amide bonds. The summed E-state index contributed by atoms with van der Waals surface area (Å²) in [6, 6.07) is -2.08. The maximum Gasteiger partial charge on any atom is 0.326 e. The highest BCUT2D eigenvalue weighted by Gasteiger charge is 2.22. The lowest BCUT2D eigenvalue weighted by Gasteiger charge is -2.20. The molecule has 8 nitrogen and oxygen atoms in total. The number of amides is 2. The minimum atomic E-state index is -1.26. The smallest absolute Gasteiger partial charge is 0.326 e. The standard InChI is InChI=1S/C12H22N2O6/c1-3-4-8(7-20-2)13-12(19)14-9(11(17)18)5-6-10(15)16/h8-9H,3-7H2,1-2H3,(H,15,16)(H,17,18)(H2,13,14,19). The molecule has 0 radical (unpaired) electrons. The van der Waals surface area contributed by atoms with Crippen LogP contribution in [0.1, 0.15) is 32.6 Å². The molecule has 0 heterocycles. The zero-order valence-corrected chi connectivity index (χ0v) is 11.7. The summed E-state index contributed by atoms with van der Waals surface area (Å²) < 4.78 is 4.95. The van der Waals surface area contributed by atoms with Gasteiger partial charge in [0.25, 0.3) is 0 Å². The second-order valence-electron chi connectivity index (χ2n) is 4.38. The van der Waals surface area contributed by atoms with E-state index in [4.69, 9.17) is 14.9 Å². The first-order chi connectivity index (χ1) is 9.40. The molecule has 0 aliphatic carbocycles. The van der Waals surface area contributed by atoms with Crippen molar-refractivity contribution in [2.45, 2.75) is 44.7 Å². The summed E-state index contributed by atoms with van der Waals surface area (Å²) in [7, 11) is 1.51. The third kappa shape index (κ3) is 8.30. The first kappa shape index (κ1) is 18.2. The van der Waals surface area contributed by atoms with Gasteiger partial charge in [-0.1, -0.05) is 13.3 Å². The molecule has 0 aromatic carbocycles. The van der Waals surface area contributed by atoms with E-state index in [0.29, 0.717) is 13.0 Å². The molecule has 2 unspecified atom stereocenters. The molecule has 116 valence electrons. The summed E-state index contributed by atoms with van der Waals surface area (Å²) in [5.41, 5.74) is 0. The van der Waals surface area contributed by atoms with Gasteiger partial charge in [0, 0.05) is 13.5 Å². The molecule has 8 heteroatoms. The average Bonchev–Trinajstić information content (AvgIpc) is 2.34. The largest absolute Gasteiger partial charge is 0.481 e. The quantitative estimate of drug-likeness (QED) is 0.462. The van der Waals surface area contributed by atoms with Crippen molar-refractivity contribution < 1.29 is 29.3 Å². The summed E-state index contributed by atoms with van der Waals surface area (Å²) in [6.45, 7) is 2.28.